The van der Waals surface area contributed by atoms with Crippen LogP contribution in [0.25, 0.3) is 0 Å². The fraction of sp³-hybridized carbons (Fsp3) is 0.613. The van der Waals surface area contributed by atoms with Crippen LogP contribution in [0.15, 0.2) is 12.1 Å². The molecule has 214 valence electrons. The predicted octanol–water partition coefficient (Wildman–Crippen LogP) is 4.10. The van der Waals surface area contributed by atoms with Crippen molar-refractivity contribution in [1.29, 1.82) is 10.5 Å². The highest BCUT2D eigenvalue weighted by molar-refractivity contribution is 5.64. The minimum Gasteiger partial charge on any atom is -0.461 e. The summed E-state index contributed by atoms with van der Waals surface area (Å²) in [5, 5.41) is 19.7. The quantitative estimate of drug-likeness (QED) is 0.553. The number of nitrogen functional groups attached to an aromatic ring is 1. The number of nitrogens with two attached hydrogens (primary N) is 1. The number of nitriles is 2. The van der Waals surface area contributed by atoms with E-state index in [9.17, 15) is 14.9 Å². The molecule has 0 radical (unpaired) electrons. The fourth-order valence-corrected chi connectivity index (χ4v) is 8.06. The summed E-state index contributed by atoms with van der Waals surface area (Å²) in [6, 6.07) is 8.91. The first-order valence-corrected chi connectivity index (χ1v) is 14.9. The van der Waals surface area contributed by atoms with Crippen LogP contribution in [-0.2, 0) is 23.4 Å². The number of nitrogens with zero attached hydrogens (tertiary/aromatic N) is 6. The fourth-order valence-electron chi connectivity index (χ4n) is 8.06. The van der Waals surface area contributed by atoms with Crippen LogP contribution in [0.4, 0.5) is 15.9 Å². The number of aromatic nitrogens is 2. The van der Waals surface area contributed by atoms with Gasteiger partial charge in [-0.2, -0.15) is 20.5 Å². The van der Waals surface area contributed by atoms with Gasteiger partial charge in [0, 0.05) is 49.3 Å². The number of benzene rings is 1. The summed E-state index contributed by atoms with van der Waals surface area (Å²) in [4.78, 5) is 14.2. The third kappa shape index (κ3) is 4.23. The highest BCUT2D eigenvalue weighted by Gasteiger charge is 2.50. The van der Waals surface area contributed by atoms with Crippen LogP contribution in [0.2, 0.25) is 0 Å². The predicted molar refractivity (Wildman–Crippen MR) is 150 cm³/mol. The van der Waals surface area contributed by atoms with Crippen molar-refractivity contribution >= 4 is 11.5 Å². The molecule has 5 atom stereocenters. The number of alkyl halides is 1. The number of hydrogen-bond donors (Lipinski definition) is 1. The van der Waals surface area contributed by atoms with Gasteiger partial charge in [0.2, 0.25) is 0 Å². The van der Waals surface area contributed by atoms with Gasteiger partial charge in [-0.3, -0.25) is 4.90 Å². The van der Waals surface area contributed by atoms with E-state index in [1.807, 2.05) is 12.1 Å². The van der Waals surface area contributed by atoms with Crippen LogP contribution in [0, 0.1) is 28.6 Å². The van der Waals surface area contributed by atoms with E-state index in [-0.39, 0.29) is 17.5 Å². The number of anilines is 2. The summed E-state index contributed by atoms with van der Waals surface area (Å²) in [5.41, 5.74) is 9.99. The van der Waals surface area contributed by atoms with Crippen molar-refractivity contribution in [2.24, 2.45) is 5.92 Å². The Morgan fingerprint density at radius 1 is 1.20 bits per heavy atom. The van der Waals surface area contributed by atoms with Crippen molar-refractivity contribution in [1.82, 2.24) is 14.9 Å². The molecule has 1 aromatic carbocycles. The molecule has 0 bridgehead atoms. The second-order valence-corrected chi connectivity index (χ2v) is 12.7. The molecule has 5 heterocycles. The van der Waals surface area contributed by atoms with Gasteiger partial charge in [-0.05, 0) is 56.2 Å². The topological polar surface area (TPSA) is 124 Å². The van der Waals surface area contributed by atoms with Gasteiger partial charge in [-0.25, -0.2) is 4.39 Å². The van der Waals surface area contributed by atoms with Crippen LogP contribution in [0.5, 0.6) is 6.01 Å². The molecule has 10 heteroatoms. The Labute approximate surface area is 240 Å². The summed E-state index contributed by atoms with van der Waals surface area (Å²) in [6.07, 6.45) is 4.53. The van der Waals surface area contributed by atoms with Crippen LogP contribution in [0.1, 0.15) is 79.3 Å². The molecule has 5 unspecified atom stereocenters. The molecular formula is C31H36FN7O2. The summed E-state index contributed by atoms with van der Waals surface area (Å²) < 4.78 is 27.5. The molecule has 7 rings (SSSR count). The zero-order valence-corrected chi connectivity index (χ0v) is 23.5. The number of rotatable bonds is 4. The summed E-state index contributed by atoms with van der Waals surface area (Å²) in [6.45, 7) is 5.51. The maximum absolute atomic E-state index is 14.4. The summed E-state index contributed by atoms with van der Waals surface area (Å²) in [7, 11) is 0. The highest BCUT2D eigenvalue weighted by Crippen LogP contribution is 2.51. The Morgan fingerprint density at radius 2 is 2.07 bits per heavy atom. The Morgan fingerprint density at radius 3 is 2.88 bits per heavy atom. The van der Waals surface area contributed by atoms with Crippen molar-refractivity contribution in [3.63, 3.8) is 0 Å². The third-order valence-electron chi connectivity index (χ3n) is 10.2. The lowest BCUT2D eigenvalue weighted by molar-refractivity contribution is -0.0873. The van der Waals surface area contributed by atoms with Crippen LogP contribution in [0.3, 0.4) is 0 Å². The van der Waals surface area contributed by atoms with E-state index in [2.05, 4.69) is 28.9 Å². The molecule has 2 aromatic rings. The lowest BCUT2D eigenvalue weighted by atomic mass is 9.69. The van der Waals surface area contributed by atoms with Crippen LogP contribution >= 0.6 is 0 Å². The largest absolute Gasteiger partial charge is 0.461 e. The Kier molecular flexibility index (Phi) is 6.33. The summed E-state index contributed by atoms with van der Waals surface area (Å²) >= 11 is 0. The first-order valence-electron chi connectivity index (χ1n) is 14.9. The second-order valence-electron chi connectivity index (χ2n) is 12.7. The lowest BCUT2D eigenvalue weighted by Crippen LogP contribution is -2.44. The van der Waals surface area contributed by atoms with Crippen molar-refractivity contribution in [3.05, 3.63) is 40.1 Å². The third-order valence-corrected chi connectivity index (χ3v) is 10.2. The van der Waals surface area contributed by atoms with Crippen LogP contribution < -0.4 is 15.4 Å². The van der Waals surface area contributed by atoms with Gasteiger partial charge in [-0.15, -0.1) is 0 Å². The van der Waals surface area contributed by atoms with E-state index in [0.717, 1.165) is 73.4 Å². The molecule has 1 spiro atoms. The Hall–Kier alpha value is -3.47. The van der Waals surface area contributed by atoms with Gasteiger partial charge in [0.25, 0.3) is 0 Å². The first-order chi connectivity index (χ1) is 19.8. The van der Waals surface area contributed by atoms with Gasteiger partial charge in [0.15, 0.2) is 0 Å². The minimum atomic E-state index is -0.834. The van der Waals surface area contributed by atoms with E-state index in [1.54, 1.807) is 0 Å². The molecule has 0 saturated carbocycles. The minimum absolute atomic E-state index is 0.0559. The van der Waals surface area contributed by atoms with E-state index in [1.165, 1.54) is 0 Å². The molecule has 1 aliphatic carbocycles. The molecule has 9 nitrogen and oxygen atoms in total. The zero-order chi connectivity index (χ0) is 28.4. The highest BCUT2D eigenvalue weighted by atomic mass is 19.1. The molecule has 3 fully saturated rings. The number of ether oxygens (including phenoxy) is 2. The van der Waals surface area contributed by atoms with Crippen LogP contribution in [-0.4, -0.2) is 59.4 Å². The van der Waals surface area contributed by atoms with Crippen molar-refractivity contribution < 1.29 is 13.9 Å². The van der Waals surface area contributed by atoms with Gasteiger partial charge in [0.05, 0.1) is 35.4 Å². The second kappa shape index (κ2) is 9.82. The normalized spacial score (nSPS) is 32.3. The molecule has 5 aliphatic rings. The first kappa shape index (κ1) is 26.4. The summed E-state index contributed by atoms with van der Waals surface area (Å²) in [5.74, 6) is 0.991. The molecular weight excluding hydrogens is 521 g/mol. The maximum Gasteiger partial charge on any atom is 0.318 e. The van der Waals surface area contributed by atoms with Gasteiger partial charge < -0.3 is 20.1 Å². The average Bonchev–Trinajstić information content (AvgIpc) is 3.68. The van der Waals surface area contributed by atoms with E-state index in [4.69, 9.17) is 25.2 Å². The van der Waals surface area contributed by atoms with Crippen molar-refractivity contribution in [3.8, 4) is 18.1 Å². The molecule has 41 heavy (non-hydrogen) atoms. The van der Waals surface area contributed by atoms with Gasteiger partial charge >= 0.3 is 6.01 Å². The lowest BCUT2D eigenvalue weighted by Gasteiger charge is -2.45. The van der Waals surface area contributed by atoms with E-state index >= 15 is 0 Å². The number of hydrogen-bond acceptors (Lipinski definition) is 9. The van der Waals surface area contributed by atoms with Crippen molar-refractivity contribution in [2.75, 3.05) is 43.4 Å². The molecule has 4 aliphatic heterocycles. The van der Waals surface area contributed by atoms with Gasteiger partial charge in [-0.1, -0.05) is 13.0 Å². The number of halogens is 1. The smallest absolute Gasteiger partial charge is 0.318 e. The monoisotopic (exact) mass is 557 g/mol. The Bertz CT molecular complexity index is 1470. The molecule has 1 aromatic heterocycles. The zero-order valence-electron chi connectivity index (χ0n) is 23.5. The van der Waals surface area contributed by atoms with Gasteiger partial charge in [0.1, 0.15) is 30.3 Å². The van der Waals surface area contributed by atoms with Crippen molar-refractivity contribution in [2.45, 2.75) is 81.7 Å². The standard InChI is InChI=1S/C31H36FN7O2/c1-19-5-8-31(27-22(19)3-4-25(35)23(27)14-34)12-26-24(17-41-31)28(38-10-6-20(13-33)15-38)37-29(36-26)40-18-30-7-2-9-39(30)16-21(32)11-30/h3-4,19-21H,2,5-12,15-18,35H2,1H3. The SMILES string of the molecule is CC1CCC2(Cc3nc(OCC45CCCN4CC(F)C5)nc(N4CCC(C#N)C4)c3CO2)c2c1ccc(N)c2C#N. The molecule has 3 saturated heterocycles. The number of fused-ring (bicyclic) bond motifs is 4. The molecule has 2 N–H and O–H groups in total. The maximum atomic E-state index is 14.4. The molecule has 0 amide bonds. The van der Waals surface area contributed by atoms with E-state index < -0.39 is 11.8 Å². The average molecular weight is 558 g/mol. The van der Waals surface area contributed by atoms with E-state index in [0.29, 0.717) is 56.3 Å². The Balaban J connectivity index is 1.28.